The number of alkyl halides is 3. The number of hydrogen-bond acceptors (Lipinski definition) is 3. The van der Waals surface area contributed by atoms with E-state index in [9.17, 15) is 23.1 Å². The second kappa shape index (κ2) is 5.04. The molecule has 0 aromatic heterocycles. The molecule has 1 N–H and O–H groups in total. The molecule has 0 aliphatic carbocycles. The van der Waals surface area contributed by atoms with Gasteiger partial charge in [-0.3, -0.25) is 4.79 Å². The minimum absolute atomic E-state index is 0.345. The minimum Gasteiger partial charge on any atom is -0.376 e. The molecular formula is C15H27F3O3Si. The summed E-state index contributed by atoms with van der Waals surface area (Å²) in [5, 5.41) is 9.00. The second-order valence-electron chi connectivity index (χ2n) is 8.42. The first kappa shape index (κ1) is 19.6. The first-order valence-corrected chi connectivity index (χ1v) is 9.45. The van der Waals surface area contributed by atoms with Crippen molar-refractivity contribution in [1.29, 1.82) is 0 Å². The largest absolute Gasteiger partial charge is 0.450 e. The number of carbonyl (C=O) groups excluding carboxylic acids is 1. The van der Waals surface area contributed by atoms with Crippen LogP contribution in [0.1, 0.15) is 55.4 Å². The molecule has 22 heavy (non-hydrogen) atoms. The van der Waals surface area contributed by atoms with Gasteiger partial charge >= 0.3 is 12.0 Å². The molecule has 0 amide bonds. The zero-order valence-electron chi connectivity index (χ0n) is 14.6. The smallest absolute Gasteiger partial charge is 0.376 e. The average molecular weight is 340 g/mol. The van der Waals surface area contributed by atoms with Crippen LogP contribution in [0.5, 0.6) is 0 Å². The van der Waals surface area contributed by atoms with Crippen LogP contribution < -0.4 is 0 Å². The number of rotatable bonds is 0. The minimum atomic E-state index is -5.15. The van der Waals surface area contributed by atoms with Crippen molar-refractivity contribution in [3.63, 3.8) is 0 Å². The van der Waals surface area contributed by atoms with Crippen LogP contribution in [0.4, 0.5) is 13.2 Å². The fraction of sp³-hybridized carbons (Fsp3) is 0.933. The summed E-state index contributed by atoms with van der Waals surface area (Å²) >= 11 is 0. The number of halogens is 3. The third-order valence-corrected chi connectivity index (χ3v) is 11.9. The summed E-state index contributed by atoms with van der Waals surface area (Å²) in [6.07, 6.45) is -5.15. The lowest BCUT2D eigenvalue weighted by Gasteiger charge is -2.60. The van der Waals surface area contributed by atoms with Gasteiger partial charge in [-0.1, -0.05) is 55.4 Å². The van der Waals surface area contributed by atoms with Crippen molar-refractivity contribution in [2.24, 2.45) is 5.92 Å². The summed E-state index contributed by atoms with van der Waals surface area (Å²) in [5.41, 5.74) is -0.345. The fourth-order valence-electron chi connectivity index (χ4n) is 4.26. The van der Waals surface area contributed by atoms with Crippen LogP contribution in [-0.2, 0) is 9.22 Å². The van der Waals surface area contributed by atoms with Gasteiger partial charge in [-0.15, -0.1) is 0 Å². The van der Waals surface area contributed by atoms with Gasteiger partial charge < -0.3 is 9.53 Å². The maximum absolute atomic E-state index is 13.4. The number of hydrogen-bond donors (Lipinski definition) is 1. The van der Waals surface area contributed by atoms with Crippen LogP contribution in [0.15, 0.2) is 0 Å². The van der Waals surface area contributed by atoms with Crippen LogP contribution >= 0.6 is 0 Å². The Morgan fingerprint density at radius 3 is 1.68 bits per heavy atom. The molecule has 0 saturated carbocycles. The zero-order valence-corrected chi connectivity index (χ0v) is 15.6. The molecule has 0 radical (unpaired) electrons. The Kier molecular flexibility index (Phi) is 4.50. The monoisotopic (exact) mass is 340 g/mol. The molecule has 0 spiro atoms. The first-order valence-electron chi connectivity index (χ1n) is 7.47. The summed E-state index contributed by atoms with van der Waals surface area (Å²) in [6.45, 7) is 14.2. The number of Topliss-reactive ketones (excluding diaryl/α,β-unsaturated/α-hetero) is 1. The van der Waals surface area contributed by atoms with Crippen molar-refractivity contribution in [1.82, 2.24) is 0 Å². The van der Waals surface area contributed by atoms with Crippen LogP contribution in [0.25, 0.3) is 0 Å². The van der Waals surface area contributed by atoms with E-state index in [0.29, 0.717) is 0 Å². The zero-order chi connectivity index (χ0) is 17.9. The van der Waals surface area contributed by atoms with Gasteiger partial charge in [0.2, 0.25) is 14.1 Å². The van der Waals surface area contributed by atoms with Gasteiger partial charge in [0.15, 0.2) is 0 Å². The number of carbonyl (C=O) groups is 1. The Hall–Kier alpha value is -0.403. The van der Waals surface area contributed by atoms with Crippen molar-refractivity contribution < 1.29 is 27.5 Å². The lowest BCUT2D eigenvalue weighted by molar-refractivity contribution is -0.327. The van der Waals surface area contributed by atoms with E-state index in [2.05, 4.69) is 0 Å². The first-order chi connectivity index (χ1) is 9.43. The van der Waals surface area contributed by atoms with Gasteiger partial charge in [-0.25, -0.2) is 0 Å². The molecule has 3 nitrogen and oxygen atoms in total. The van der Waals surface area contributed by atoms with E-state index in [-0.39, 0.29) is 5.54 Å². The lowest BCUT2D eigenvalue weighted by atomic mass is 9.95. The predicted octanol–water partition coefficient (Wildman–Crippen LogP) is 4.41. The average Bonchev–Trinajstić information content (AvgIpc) is 2.26. The van der Waals surface area contributed by atoms with Crippen molar-refractivity contribution in [2.45, 2.75) is 83.0 Å². The molecule has 1 rings (SSSR count). The van der Waals surface area contributed by atoms with E-state index in [1.807, 2.05) is 41.5 Å². The van der Waals surface area contributed by atoms with E-state index < -0.39 is 42.1 Å². The molecule has 0 bridgehead atoms. The maximum Gasteiger partial charge on any atom is 0.450 e. The lowest BCUT2D eigenvalue weighted by Crippen LogP contribution is -2.73. The molecule has 1 heterocycles. The van der Waals surface area contributed by atoms with Crippen LogP contribution in [0.3, 0.4) is 0 Å². The third kappa shape index (κ3) is 2.45. The molecule has 0 aromatic rings. The van der Waals surface area contributed by atoms with Gasteiger partial charge in [-0.2, -0.15) is 13.2 Å². The molecular weight excluding hydrogens is 313 g/mol. The Morgan fingerprint density at radius 1 is 1.05 bits per heavy atom. The van der Waals surface area contributed by atoms with Crippen molar-refractivity contribution in [3.05, 3.63) is 0 Å². The molecule has 0 unspecified atom stereocenters. The highest BCUT2D eigenvalue weighted by Gasteiger charge is 2.74. The summed E-state index contributed by atoms with van der Waals surface area (Å²) in [6, 6.07) is 0. The van der Waals surface area contributed by atoms with E-state index >= 15 is 0 Å². The Labute approximate surface area is 131 Å². The van der Waals surface area contributed by atoms with Gasteiger partial charge in [0.05, 0.1) is 0 Å². The quantitative estimate of drug-likeness (QED) is 0.665. The summed E-state index contributed by atoms with van der Waals surface area (Å²) in [4.78, 5) is 12.2. The highest BCUT2D eigenvalue weighted by Crippen LogP contribution is 2.63. The molecule has 3 atom stereocenters. The molecule has 1 fully saturated rings. The van der Waals surface area contributed by atoms with E-state index in [1.165, 1.54) is 6.92 Å². The fourth-order valence-corrected chi connectivity index (χ4v) is 11.6. The SMILES string of the molecule is C[C@@H]1[C@@H](C)C(=O)[C@@](O)(C(F)(F)F)O[Si]1(C(C)(C)C)C(C)(C)C. The topological polar surface area (TPSA) is 46.5 Å². The van der Waals surface area contributed by atoms with Crippen LogP contribution in [0.2, 0.25) is 15.6 Å². The normalized spacial score (nSPS) is 33.9. The maximum atomic E-state index is 13.4. The Balaban J connectivity index is 3.69. The highest BCUT2D eigenvalue weighted by atomic mass is 28.4. The summed E-state index contributed by atoms with van der Waals surface area (Å²) < 4.78 is 45.7. The van der Waals surface area contributed by atoms with Crippen molar-refractivity contribution in [3.8, 4) is 0 Å². The second-order valence-corrected chi connectivity index (χ2v) is 14.0. The molecule has 7 heteroatoms. The standard InChI is InChI=1S/C15H27F3O3Si/c1-9-10(2)22(12(3,4)5,13(6,7)8)21-14(20,11(9)19)15(16,17)18/h9-10,20H,1-8H3/t9-,10-,14+/m1/s1. The predicted molar refractivity (Wildman–Crippen MR) is 80.9 cm³/mol. The molecule has 0 aromatic carbocycles. The van der Waals surface area contributed by atoms with Gasteiger partial charge in [0.25, 0.3) is 0 Å². The molecule has 1 aliphatic rings. The third-order valence-electron chi connectivity index (χ3n) is 5.06. The highest BCUT2D eigenvalue weighted by molar-refractivity contribution is 6.81. The number of ketones is 1. The van der Waals surface area contributed by atoms with Crippen LogP contribution in [-0.4, -0.2) is 31.2 Å². The van der Waals surface area contributed by atoms with E-state index in [0.717, 1.165) is 0 Å². The van der Waals surface area contributed by atoms with Crippen molar-refractivity contribution in [2.75, 3.05) is 0 Å². The van der Waals surface area contributed by atoms with E-state index in [1.54, 1.807) is 6.92 Å². The summed E-state index contributed by atoms with van der Waals surface area (Å²) in [5.74, 6) is -5.90. The van der Waals surface area contributed by atoms with Crippen molar-refractivity contribution >= 4 is 14.1 Å². The van der Waals surface area contributed by atoms with Gasteiger partial charge in [0, 0.05) is 5.92 Å². The van der Waals surface area contributed by atoms with E-state index in [4.69, 9.17) is 4.43 Å². The molecule has 130 valence electrons. The Morgan fingerprint density at radius 2 is 1.41 bits per heavy atom. The molecule has 1 aliphatic heterocycles. The van der Waals surface area contributed by atoms with Gasteiger partial charge in [-0.05, 0) is 15.6 Å². The molecule has 1 saturated heterocycles. The Bertz CT molecular complexity index is 448. The van der Waals surface area contributed by atoms with Gasteiger partial charge in [0.1, 0.15) is 0 Å². The van der Waals surface area contributed by atoms with Crippen LogP contribution in [0, 0.1) is 5.92 Å². The summed E-state index contributed by atoms with van der Waals surface area (Å²) in [7, 11) is -3.23. The number of aliphatic hydroxyl groups is 1.